The first-order chi connectivity index (χ1) is 42.9. The topological polar surface area (TPSA) is 289 Å². The lowest BCUT2D eigenvalue weighted by Crippen LogP contribution is -2.46. The number of carboxylic acid groups (broad SMARTS) is 1. The minimum atomic E-state index is -1.09. The van der Waals surface area contributed by atoms with Gasteiger partial charge in [0.15, 0.2) is 5.69 Å². The summed E-state index contributed by atoms with van der Waals surface area (Å²) in [5, 5.41) is 29.2. The number of nitrogens with zero attached hydrogens (tertiary/aromatic N) is 15. The van der Waals surface area contributed by atoms with Crippen LogP contribution in [0.3, 0.4) is 0 Å². The molecule has 4 amide bonds. The van der Waals surface area contributed by atoms with E-state index >= 15 is 0 Å². The van der Waals surface area contributed by atoms with Gasteiger partial charge in [0.05, 0.1) is 60.3 Å². The third-order valence-electron chi connectivity index (χ3n) is 16.4. The molecule has 26 heteroatoms. The Hall–Kier alpha value is -9.07. The number of hydrogen-bond donors (Lipinski definition) is 4. The summed E-state index contributed by atoms with van der Waals surface area (Å²) in [5.74, 6) is 0.488. The van der Waals surface area contributed by atoms with Crippen LogP contribution >= 0.6 is 0 Å². The Labute approximate surface area is 523 Å². The van der Waals surface area contributed by atoms with Gasteiger partial charge in [-0.1, -0.05) is 0 Å². The van der Waals surface area contributed by atoms with E-state index in [4.69, 9.17) is 14.6 Å². The second-order valence-corrected chi connectivity index (χ2v) is 26.4. The van der Waals surface area contributed by atoms with E-state index in [-0.39, 0.29) is 59.6 Å². The molecule has 0 bridgehead atoms. The molecule has 476 valence electrons. The van der Waals surface area contributed by atoms with Crippen LogP contribution in [0.2, 0.25) is 0 Å². The Morgan fingerprint density at radius 3 is 1.27 bits per heavy atom. The average Bonchev–Trinajstić information content (AvgIpc) is 1.90. The Morgan fingerprint density at radius 1 is 0.500 bits per heavy atom. The van der Waals surface area contributed by atoms with Gasteiger partial charge in [0, 0.05) is 112 Å². The van der Waals surface area contributed by atoms with E-state index in [1.807, 2.05) is 121 Å². The molecule has 3 saturated heterocycles. The number of carboxylic acids is 1. The molecule has 4 N–H and O–H groups in total. The number of aromatic carboxylic acids is 1. The maximum absolute atomic E-state index is 12.8. The number of hydrogen-bond acceptors (Lipinski definition) is 19. The Balaban J connectivity index is 0.000000141. The molecule has 7 aromatic rings. The number of amides is 4. The largest absolute Gasteiger partial charge is 0.476 e. The summed E-state index contributed by atoms with van der Waals surface area (Å²) < 4.78 is 14.8. The van der Waals surface area contributed by atoms with E-state index in [1.165, 1.54) is 31.4 Å². The molecular formula is C64H82N18O8. The van der Waals surface area contributed by atoms with Gasteiger partial charge in [-0.25, -0.2) is 44.3 Å². The van der Waals surface area contributed by atoms with E-state index < -0.39 is 17.2 Å². The molecule has 0 spiro atoms. The highest BCUT2D eigenvalue weighted by Gasteiger charge is 2.44. The van der Waals surface area contributed by atoms with Gasteiger partial charge in [0.2, 0.25) is 0 Å². The Bertz CT molecular complexity index is 3760. The molecule has 0 radical (unpaired) electrons. The highest BCUT2D eigenvalue weighted by atomic mass is 16.6. The van der Waals surface area contributed by atoms with E-state index in [0.717, 1.165) is 121 Å². The van der Waals surface area contributed by atoms with Crippen LogP contribution < -0.4 is 30.7 Å². The van der Waals surface area contributed by atoms with Crippen molar-refractivity contribution in [1.82, 2.24) is 64.6 Å². The Morgan fingerprint density at radius 2 is 0.900 bits per heavy atom. The van der Waals surface area contributed by atoms with Gasteiger partial charge in [-0.2, -0.15) is 10.2 Å². The third-order valence-corrected chi connectivity index (χ3v) is 16.4. The summed E-state index contributed by atoms with van der Waals surface area (Å²) in [4.78, 5) is 97.8. The number of benzene rings is 2. The minimum Gasteiger partial charge on any atom is -0.476 e. The quantitative estimate of drug-likeness (QED) is 0.0796. The number of rotatable bonds is 14. The second kappa shape index (κ2) is 25.8. The molecule has 3 unspecified atom stereocenters. The molecule has 13 rings (SSSR count). The van der Waals surface area contributed by atoms with E-state index in [1.54, 1.807) is 28.0 Å². The number of aryl methyl sites for hydroxylation is 4. The number of fused-ring (bicyclic) bond motifs is 2. The summed E-state index contributed by atoms with van der Waals surface area (Å²) in [7, 11) is 3.75. The SMILES string of the molecule is CC(C)(C)OC(=O)N(C1CC1)C1CCN(c2cnc(C(=O)O)cn2)C1.Cc1cc2nn(C)cc2cc1NC(=O)c1cnc(N2CCC(N(C(=O)OC(C)(C)C)C3CC3)C2)cn1.Cc1cc2nn(C)cc2cc1NC(=O)c1cnc(N2CCC(NC3CC3)C2)cn1. The first-order valence-electron chi connectivity index (χ1n) is 31.1. The fourth-order valence-corrected chi connectivity index (χ4v) is 11.6. The summed E-state index contributed by atoms with van der Waals surface area (Å²) in [6.45, 7) is 19.9. The molecule has 3 aliphatic heterocycles. The smallest absolute Gasteiger partial charge is 0.410 e. The van der Waals surface area contributed by atoms with Gasteiger partial charge in [-0.15, -0.1) is 0 Å². The average molecular weight is 1230 g/mol. The van der Waals surface area contributed by atoms with E-state index in [2.05, 4.69) is 65.9 Å². The van der Waals surface area contributed by atoms with Crippen molar-refractivity contribution in [2.24, 2.45) is 14.1 Å². The van der Waals surface area contributed by atoms with Crippen molar-refractivity contribution >= 4 is 80.6 Å². The molecule has 26 nitrogen and oxygen atoms in total. The molecule has 3 saturated carbocycles. The van der Waals surface area contributed by atoms with Crippen LogP contribution in [-0.2, 0) is 23.6 Å². The zero-order valence-corrected chi connectivity index (χ0v) is 53.0. The summed E-state index contributed by atoms with van der Waals surface area (Å²) in [6.07, 6.45) is 21.9. The molecular weight excluding hydrogens is 1150 g/mol. The lowest BCUT2D eigenvalue weighted by atomic mass is 10.1. The van der Waals surface area contributed by atoms with Crippen LogP contribution in [0.4, 0.5) is 38.4 Å². The van der Waals surface area contributed by atoms with Crippen molar-refractivity contribution < 1.29 is 38.6 Å². The van der Waals surface area contributed by atoms with Crippen LogP contribution in [0.15, 0.2) is 73.8 Å². The summed E-state index contributed by atoms with van der Waals surface area (Å²) >= 11 is 0. The highest BCUT2D eigenvalue weighted by Crippen LogP contribution is 2.36. The van der Waals surface area contributed by atoms with Crippen molar-refractivity contribution in [3.63, 3.8) is 0 Å². The van der Waals surface area contributed by atoms with Gasteiger partial charge < -0.3 is 55.0 Å². The highest BCUT2D eigenvalue weighted by molar-refractivity contribution is 6.05. The first kappa shape index (κ1) is 62.5. The van der Waals surface area contributed by atoms with Gasteiger partial charge >= 0.3 is 18.2 Å². The normalized spacial score (nSPS) is 19.0. The third kappa shape index (κ3) is 15.7. The van der Waals surface area contributed by atoms with Crippen molar-refractivity contribution in [3.8, 4) is 0 Å². The van der Waals surface area contributed by atoms with Crippen LogP contribution in [0.1, 0.15) is 142 Å². The molecule has 3 aliphatic carbocycles. The number of nitrogens with one attached hydrogen (secondary N) is 3. The van der Waals surface area contributed by atoms with E-state index in [0.29, 0.717) is 42.5 Å². The molecule has 5 aromatic heterocycles. The van der Waals surface area contributed by atoms with Crippen LogP contribution in [0.25, 0.3) is 21.8 Å². The van der Waals surface area contributed by atoms with Crippen molar-refractivity contribution in [3.05, 3.63) is 102 Å². The molecule has 8 heterocycles. The monoisotopic (exact) mass is 1230 g/mol. The summed E-state index contributed by atoms with van der Waals surface area (Å²) in [5.41, 5.74) is 4.60. The first-order valence-corrected chi connectivity index (χ1v) is 31.1. The van der Waals surface area contributed by atoms with Gasteiger partial charge in [0.25, 0.3) is 11.8 Å². The van der Waals surface area contributed by atoms with Gasteiger partial charge in [-0.05, 0) is 149 Å². The maximum Gasteiger partial charge on any atom is 0.410 e. The van der Waals surface area contributed by atoms with E-state index in [9.17, 15) is 24.0 Å². The van der Waals surface area contributed by atoms with Crippen molar-refractivity contribution in [1.29, 1.82) is 0 Å². The number of carbonyl (C=O) groups is 5. The van der Waals surface area contributed by atoms with Crippen LogP contribution in [0.5, 0.6) is 0 Å². The molecule has 6 aliphatic rings. The fourth-order valence-electron chi connectivity index (χ4n) is 11.6. The number of anilines is 5. The maximum atomic E-state index is 12.8. The zero-order valence-electron chi connectivity index (χ0n) is 53.0. The second-order valence-electron chi connectivity index (χ2n) is 26.4. The predicted molar refractivity (Wildman–Crippen MR) is 340 cm³/mol. The molecule has 6 fully saturated rings. The minimum absolute atomic E-state index is 0.0718. The van der Waals surface area contributed by atoms with Crippen LogP contribution in [0, 0.1) is 13.8 Å². The lowest BCUT2D eigenvalue weighted by Gasteiger charge is -2.31. The standard InChI is InChI=1S/C26H33N7O3.C21H25N7O.C17H24N4O4/c1-16-10-21-17(14-31(5)30-21)11-20(16)29-24(34)22-12-28-23(13-27-22)32-9-8-19(15-32)33(18-6-7-18)25(35)36-26(2,3)4;1-13-7-18-14(11-27(2)26-18)8-17(13)25-21(29)19-9-23-20(10-22-19)28-6-5-16(12-28)24-15-3-4-15;1-17(2,3)25-16(24)21(11-4-5-11)12-6-7-20(10-12)14-9-18-13(8-19-14)15(22)23/h10-14,18-19H,6-9,15H2,1-5H3,(H,29,34);7-11,15-16,24H,3-6,12H2,1-2H3,(H,25,29);8-9,11-12H,4-7,10H2,1-3H3,(H,22,23). The molecule has 90 heavy (non-hydrogen) atoms. The molecule has 3 atom stereocenters. The summed E-state index contributed by atoms with van der Waals surface area (Å²) in [6, 6.07) is 9.68. The van der Waals surface area contributed by atoms with Gasteiger partial charge in [0.1, 0.15) is 40.0 Å². The van der Waals surface area contributed by atoms with Crippen LogP contribution in [-0.4, -0.2) is 181 Å². The number of carbonyl (C=O) groups excluding carboxylic acids is 4. The fraction of sp³-hybridized carbons (Fsp3) is 0.516. The lowest BCUT2D eigenvalue weighted by molar-refractivity contribution is 0.0147. The van der Waals surface area contributed by atoms with Crippen molar-refractivity contribution in [2.75, 3.05) is 64.6 Å². The molecule has 2 aromatic carbocycles. The zero-order chi connectivity index (χ0) is 63.8. The Kier molecular flexibility index (Phi) is 17.9. The van der Waals surface area contributed by atoms with Crippen molar-refractivity contribution in [2.45, 2.75) is 161 Å². The number of ether oxygens (including phenoxy) is 2. The number of aromatic nitrogens is 10. The predicted octanol–water partition coefficient (Wildman–Crippen LogP) is 8.31. The van der Waals surface area contributed by atoms with Gasteiger partial charge in [-0.3, -0.25) is 19.0 Å².